The monoisotopic (exact) mass is 422 g/mol. The summed E-state index contributed by atoms with van der Waals surface area (Å²) < 4.78 is 12.5. The lowest BCUT2D eigenvalue weighted by atomic mass is 9.92. The molecule has 1 N–H and O–H groups in total. The number of carbonyl (C=O) groups excluding carboxylic acids is 1. The van der Waals surface area contributed by atoms with E-state index in [1.807, 2.05) is 35.1 Å². The zero-order valence-corrected chi connectivity index (χ0v) is 16.8. The van der Waals surface area contributed by atoms with Crippen LogP contribution < -0.4 is 5.32 Å². The number of aromatic nitrogens is 3. The molecular weight excluding hydrogens is 404 g/mol. The number of nitrogens with one attached hydrogen (secondary N) is 1. The first-order valence-electron chi connectivity index (χ1n) is 9.78. The standard InChI is InChI=1S/C22H19ClN4O3/c23-15-5-1-4-14(10-15)13-27-19-7-2-6-17(16(19)12-24-27)25-22(28)18-11-21(30-26-18)20-8-3-9-29-20/h1,3-5,8-12,17H,2,6-7,13H2,(H,25,28)/t17-/m0/s1. The van der Waals surface area contributed by atoms with Gasteiger partial charge in [-0.1, -0.05) is 28.9 Å². The molecule has 4 aromatic rings. The van der Waals surface area contributed by atoms with Crippen molar-refractivity contribution in [2.24, 2.45) is 0 Å². The molecule has 0 unspecified atom stereocenters. The number of carbonyl (C=O) groups is 1. The fraction of sp³-hybridized carbons (Fsp3) is 0.227. The van der Waals surface area contributed by atoms with Gasteiger partial charge in [-0.05, 0) is 49.1 Å². The Morgan fingerprint density at radius 3 is 3.00 bits per heavy atom. The molecule has 1 aliphatic carbocycles. The van der Waals surface area contributed by atoms with Gasteiger partial charge in [0, 0.05) is 22.3 Å². The molecule has 5 rings (SSSR count). The van der Waals surface area contributed by atoms with Crippen molar-refractivity contribution < 1.29 is 13.7 Å². The van der Waals surface area contributed by atoms with E-state index in [1.165, 1.54) is 0 Å². The Morgan fingerprint density at radius 2 is 2.17 bits per heavy atom. The van der Waals surface area contributed by atoms with Gasteiger partial charge in [0.2, 0.25) is 5.76 Å². The minimum absolute atomic E-state index is 0.113. The minimum atomic E-state index is -0.281. The first-order chi connectivity index (χ1) is 14.7. The molecule has 152 valence electrons. The van der Waals surface area contributed by atoms with Crippen molar-refractivity contribution in [3.8, 4) is 11.5 Å². The van der Waals surface area contributed by atoms with Gasteiger partial charge >= 0.3 is 0 Å². The summed E-state index contributed by atoms with van der Waals surface area (Å²) in [6.07, 6.45) is 6.14. The molecule has 3 heterocycles. The first kappa shape index (κ1) is 18.7. The molecule has 8 heteroatoms. The van der Waals surface area contributed by atoms with Gasteiger partial charge in [-0.3, -0.25) is 9.48 Å². The van der Waals surface area contributed by atoms with Gasteiger partial charge in [-0.25, -0.2) is 0 Å². The van der Waals surface area contributed by atoms with E-state index in [9.17, 15) is 4.79 Å². The van der Waals surface area contributed by atoms with Crippen molar-refractivity contribution in [2.75, 3.05) is 0 Å². The molecule has 0 saturated carbocycles. The van der Waals surface area contributed by atoms with Crippen LogP contribution in [0, 0.1) is 0 Å². The topological polar surface area (TPSA) is 86.1 Å². The van der Waals surface area contributed by atoms with E-state index in [1.54, 1.807) is 24.5 Å². The summed E-state index contributed by atoms with van der Waals surface area (Å²) in [6.45, 7) is 0.645. The summed E-state index contributed by atoms with van der Waals surface area (Å²) >= 11 is 6.10. The van der Waals surface area contributed by atoms with Crippen molar-refractivity contribution in [2.45, 2.75) is 31.8 Å². The molecule has 1 aliphatic rings. The van der Waals surface area contributed by atoms with E-state index < -0.39 is 0 Å². The van der Waals surface area contributed by atoms with Crippen molar-refractivity contribution in [1.29, 1.82) is 0 Å². The number of nitrogens with zero attached hydrogens (tertiary/aromatic N) is 3. The summed E-state index contributed by atoms with van der Waals surface area (Å²) in [6, 6.07) is 12.7. The quantitative estimate of drug-likeness (QED) is 0.506. The van der Waals surface area contributed by atoms with E-state index in [0.29, 0.717) is 23.1 Å². The van der Waals surface area contributed by atoms with E-state index in [0.717, 1.165) is 36.1 Å². The summed E-state index contributed by atoms with van der Waals surface area (Å²) in [5, 5.41) is 12.2. The lowest BCUT2D eigenvalue weighted by Gasteiger charge is -2.24. The Bertz CT molecular complexity index is 1180. The molecule has 0 bridgehead atoms. The summed E-state index contributed by atoms with van der Waals surface area (Å²) in [4.78, 5) is 12.7. The predicted octanol–water partition coefficient (Wildman–Crippen LogP) is 4.64. The molecule has 30 heavy (non-hydrogen) atoms. The molecule has 0 saturated heterocycles. The Hall–Kier alpha value is -3.32. The minimum Gasteiger partial charge on any atom is -0.461 e. The maximum Gasteiger partial charge on any atom is 0.273 e. The summed E-state index contributed by atoms with van der Waals surface area (Å²) in [5.74, 6) is 0.671. The van der Waals surface area contributed by atoms with Gasteiger partial charge in [0.1, 0.15) is 0 Å². The van der Waals surface area contributed by atoms with Crippen LogP contribution in [0.25, 0.3) is 11.5 Å². The molecule has 0 spiro atoms. The number of rotatable bonds is 5. The largest absolute Gasteiger partial charge is 0.461 e. The summed E-state index contributed by atoms with van der Waals surface area (Å²) in [5.41, 5.74) is 3.50. The van der Waals surface area contributed by atoms with Crippen LogP contribution in [-0.4, -0.2) is 20.8 Å². The number of hydrogen-bond acceptors (Lipinski definition) is 5. The highest BCUT2D eigenvalue weighted by Gasteiger charge is 2.27. The normalized spacial score (nSPS) is 15.7. The third-order valence-corrected chi connectivity index (χ3v) is 5.53. The second-order valence-corrected chi connectivity index (χ2v) is 7.74. The van der Waals surface area contributed by atoms with Crippen LogP contribution in [0.3, 0.4) is 0 Å². The van der Waals surface area contributed by atoms with Crippen LogP contribution in [0.1, 0.15) is 46.2 Å². The van der Waals surface area contributed by atoms with Crippen LogP contribution in [-0.2, 0) is 13.0 Å². The van der Waals surface area contributed by atoms with E-state index in [2.05, 4.69) is 15.6 Å². The van der Waals surface area contributed by atoms with Gasteiger partial charge in [0.25, 0.3) is 5.91 Å². The maximum absolute atomic E-state index is 12.7. The van der Waals surface area contributed by atoms with Gasteiger partial charge in [-0.15, -0.1) is 0 Å². The second kappa shape index (κ2) is 7.84. The predicted molar refractivity (Wildman–Crippen MR) is 110 cm³/mol. The van der Waals surface area contributed by atoms with Gasteiger partial charge in [-0.2, -0.15) is 5.10 Å². The zero-order chi connectivity index (χ0) is 20.5. The van der Waals surface area contributed by atoms with E-state index in [4.69, 9.17) is 20.5 Å². The Labute approximate surface area is 177 Å². The Balaban J connectivity index is 1.33. The van der Waals surface area contributed by atoms with Crippen LogP contribution >= 0.6 is 11.6 Å². The summed E-state index contributed by atoms with van der Waals surface area (Å²) in [7, 11) is 0. The average molecular weight is 423 g/mol. The van der Waals surface area contributed by atoms with Crippen molar-refractivity contribution in [3.63, 3.8) is 0 Å². The molecular formula is C22H19ClN4O3. The Kier molecular flexibility index (Phi) is 4.88. The highest BCUT2D eigenvalue weighted by molar-refractivity contribution is 6.30. The third-order valence-electron chi connectivity index (χ3n) is 5.30. The first-order valence-corrected chi connectivity index (χ1v) is 10.2. The maximum atomic E-state index is 12.7. The van der Waals surface area contributed by atoms with E-state index in [-0.39, 0.29) is 17.6 Å². The van der Waals surface area contributed by atoms with Gasteiger partial charge in [0.05, 0.1) is 25.0 Å². The number of furan rings is 1. The van der Waals surface area contributed by atoms with Crippen molar-refractivity contribution in [1.82, 2.24) is 20.3 Å². The fourth-order valence-corrected chi connectivity index (χ4v) is 4.08. The van der Waals surface area contributed by atoms with Crippen molar-refractivity contribution in [3.05, 3.63) is 82.5 Å². The number of hydrogen-bond donors (Lipinski definition) is 1. The number of halogens is 1. The number of fused-ring (bicyclic) bond motifs is 1. The SMILES string of the molecule is O=C(N[C@H]1CCCc2c1cnn2Cc1cccc(Cl)c1)c1cc(-c2ccco2)on1. The van der Waals surface area contributed by atoms with Crippen LogP contribution in [0.5, 0.6) is 0 Å². The molecule has 1 amide bonds. The van der Waals surface area contributed by atoms with Crippen molar-refractivity contribution >= 4 is 17.5 Å². The molecule has 0 fully saturated rings. The van der Waals surface area contributed by atoms with Gasteiger partial charge < -0.3 is 14.3 Å². The molecule has 0 radical (unpaired) electrons. The third kappa shape index (κ3) is 3.64. The highest BCUT2D eigenvalue weighted by atomic mass is 35.5. The zero-order valence-electron chi connectivity index (χ0n) is 16.0. The number of benzene rings is 1. The van der Waals surface area contributed by atoms with Gasteiger partial charge in [0.15, 0.2) is 11.5 Å². The van der Waals surface area contributed by atoms with E-state index >= 15 is 0 Å². The number of amides is 1. The smallest absolute Gasteiger partial charge is 0.273 e. The molecule has 0 aliphatic heterocycles. The highest BCUT2D eigenvalue weighted by Crippen LogP contribution is 2.30. The van der Waals surface area contributed by atoms with Crippen LogP contribution in [0.2, 0.25) is 5.02 Å². The average Bonchev–Trinajstić information content (AvgIpc) is 3.49. The Morgan fingerprint density at radius 1 is 1.23 bits per heavy atom. The molecule has 1 atom stereocenters. The lowest BCUT2D eigenvalue weighted by Crippen LogP contribution is -2.31. The van der Waals surface area contributed by atoms with Crippen LogP contribution in [0.15, 0.2) is 63.9 Å². The van der Waals surface area contributed by atoms with Crippen LogP contribution in [0.4, 0.5) is 0 Å². The fourth-order valence-electron chi connectivity index (χ4n) is 3.86. The molecule has 7 nitrogen and oxygen atoms in total. The second-order valence-electron chi connectivity index (χ2n) is 7.31. The lowest BCUT2D eigenvalue weighted by molar-refractivity contribution is 0.0923. The molecule has 1 aromatic carbocycles. The molecule has 3 aromatic heterocycles.